The van der Waals surface area contributed by atoms with E-state index in [2.05, 4.69) is 25.2 Å². The molecule has 1 aromatic carbocycles. The minimum atomic E-state index is 0.197. The molecule has 1 aromatic rings. The molecule has 21 heavy (non-hydrogen) atoms. The Balaban J connectivity index is 1.88. The third-order valence-electron chi connectivity index (χ3n) is 3.86. The molecule has 1 fully saturated rings. The molecule has 0 amide bonds. The first kappa shape index (κ1) is 16.1. The van der Waals surface area contributed by atoms with Crippen molar-refractivity contribution in [2.75, 3.05) is 20.3 Å². The molecule has 1 aliphatic rings. The summed E-state index contributed by atoms with van der Waals surface area (Å²) in [6.45, 7) is 6.81. The van der Waals surface area contributed by atoms with E-state index in [1.807, 2.05) is 12.1 Å². The van der Waals surface area contributed by atoms with Crippen LogP contribution in [0.1, 0.15) is 38.7 Å². The monoisotopic (exact) mass is 293 g/mol. The van der Waals surface area contributed by atoms with Gasteiger partial charge in [-0.2, -0.15) is 0 Å². The molecule has 0 bridgehead atoms. The smallest absolute Gasteiger partial charge is 0.161 e. The van der Waals surface area contributed by atoms with Crippen LogP contribution in [0.3, 0.4) is 0 Å². The summed E-state index contributed by atoms with van der Waals surface area (Å²) < 4.78 is 16.9. The van der Waals surface area contributed by atoms with Crippen molar-refractivity contribution in [1.29, 1.82) is 0 Å². The van der Waals surface area contributed by atoms with Gasteiger partial charge in [0.05, 0.1) is 19.3 Å². The summed E-state index contributed by atoms with van der Waals surface area (Å²) >= 11 is 0. The number of hydrogen-bond donors (Lipinski definition) is 1. The van der Waals surface area contributed by atoms with Crippen molar-refractivity contribution in [3.05, 3.63) is 23.8 Å². The van der Waals surface area contributed by atoms with Gasteiger partial charge in [0.15, 0.2) is 11.5 Å². The Labute approximate surface area is 127 Å². The summed E-state index contributed by atoms with van der Waals surface area (Å²) in [6.07, 6.45) is 3.90. The second kappa shape index (κ2) is 8.25. The van der Waals surface area contributed by atoms with Crippen molar-refractivity contribution in [3.63, 3.8) is 0 Å². The Morgan fingerprint density at radius 3 is 2.90 bits per heavy atom. The van der Waals surface area contributed by atoms with Crippen LogP contribution in [-0.2, 0) is 11.3 Å². The van der Waals surface area contributed by atoms with E-state index < -0.39 is 0 Å². The van der Waals surface area contributed by atoms with Crippen LogP contribution in [0.15, 0.2) is 18.2 Å². The lowest BCUT2D eigenvalue weighted by molar-refractivity contribution is 0.110. The average Bonchev–Trinajstić information content (AvgIpc) is 3.01. The summed E-state index contributed by atoms with van der Waals surface area (Å²) in [5.74, 6) is 1.61. The molecule has 1 aliphatic heterocycles. The molecule has 4 heteroatoms. The molecule has 0 unspecified atom stereocenters. The molecule has 1 heterocycles. The molecule has 0 radical (unpaired) electrons. The first-order valence-corrected chi connectivity index (χ1v) is 7.88. The van der Waals surface area contributed by atoms with Crippen molar-refractivity contribution < 1.29 is 14.2 Å². The van der Waals surface area contributed by atoms with Crippen molar-refractivity contribution in [2.45, 2.75) is 51.9 Å². The molecular formula is C17H27NO3. The zero-order valence-electron chi connectivity index (χ0n) is 13.4. The minimum Gasteiger partial charge on any atom is -0.493 e. The van der Waals surface area contributed by atoms with E-state index in [0.29, 0.717) is 6.10 Å². The summed E-state index contributed by atoms with van der Waals surface area (Å²) in [5, 5.41) is 3.44. The van der Waals surface area contributed by atoms with E-state index in [1.54, 1.807) is 7.11 Å². The molecule has 0 saturated carbocycles. The highest BCUT2D eigenvalue weighted by atomic mass is 16.5. The predicted molar refractivity (Wildman–Crippen MR) is 84.1 cm³/mol. The van der Waals surface area contributed by atoms with Crippen LogP contribution in [0, 0.1) is 0 Å². The fraction of sp³-hybridized carbons (Fsp3) is 0.647. The molecule has 0 aromatic heterocycles. The molecule has 1 N–H and O–H groups in total. The zero-order chi connectivity index (χ0) is 15.1. The minimum absolute atomic E-state index is 0.197. The molecular weight excluding hydrogens is 266 g/mol. The highest BCUT2D eigenvalue weighted by molar-refractivity contribution is 5.43. The average molecular weight is 293 g/mol. The maximum Gasteiger partial charge on any atom is 0.161 e. The maximum absolute atomic E-state index is 5.86. The van der Waals surface area contributed by atoms with Gasteiger partial charge in [0.2, 0.25) is 0 Å². The SMILES string of the molecule is CC[C@@H](C)Oc1ccc(CNC[C@H]2CCCO2)cc1OC. The standard InChI is InChI=1S/C17H27NO3/c1-4-13(2)21-16-8-7-14(10-17(16)19-3)11-18-12-15-6-5-9-20-15/h7-8,10,13,15,18H,4-6,9,11-12H2,1-3H3/t13-,15-/m1/s1. The number of ether oxygens (including phenoxy) is 3. The van der Waals surface area contributed by atoms with Gasteiger partial charge in [-0.1, -0.05) is 13.0 Å². The molecule has 1 saturated heterocycles. The third kappa shape index (κ3) is 4.90. The highest BCUT2D eigenvalue weighted by Crippen LogP contribution is 2.29. The topological polar surface area (TPSA) is 39.7 Å². The van der Waals surface area contributed by atoms with Gasteiger partial charge >= 0.3 is 0 Å². The number of benzene rings is 1. The lowest BCUT2D eigenvalue weighted by Crippen LogP contribution is -2.25. The molecule has 4 nitrogen and oxygen atoms in total. The van der Waals surface area contributed by atoms with Gasteiger partial charge in [0, 0.05) is 19.7 Å². The van der Waals surface area contributed by atoms with Crippen LogP contribution in [0.4, 0.5) is 0 Å². The Kier molecular flexibility index (Phi) is 6.33. The number of rotatable bonds is 8. The van der Waals surface area contributed by atoms with Crippen LogP contribution in [0.2, 0.25) is 0 Å². The molecule has 2 atom stereocenters. The fourth-order valence-corrected chi connectivity index (χ4v) is 2.40. The summed E-state index contributed by atoms with van der Waals surface area (Å²) in [7, 11) is 1.68. The van der Waals surface area contributed by atoms with Crippen LogP contribution < -0.4 is 14.8 Å². The van der Waals surface area contributed by atoms with Gasteiger partial charge < -0.3 is 19.5 Å². The van der Waals surface area contributed by atoms with Crippen molar-refractivity contribution in [3.8, 4) is 11.5 Å². The van der Waals surface area contributed by atoms with Gasteiger partial charge in [-0.15, -0.1) is 0 Å². The number of nitrogens with one attached hydrogen (secondary N) is 1. The Bertz CT molecular complexity index is 430. The second-order valence-corrected chi connectivity index (χ2v) is 5.59. The Morgan fingerprint density at radius 1 is 1.38 bits per heavy atom. The summed E-state index contributed by atoms with van der Waals surface area (Å²) in [4.78, 5) is 0. The highest BCUT2D eigenvalue weighted by Gasteiger charge is 2.14. The van der Waals surface area contributed by atoms with E-state index in [4.69, 9.17) is 14.2 Å². The molecule has 118 valence electrons. The van der Waals surface area contributed by atoms with E-state index in [-0.39, 0.29) is 6.10 Å². The van der Waals surface area contributed by atoms with Crippen LogP contribution >= 0.6 is 0 Å². The van der Waals surface area contributed by atoms with Crippen molar-refractivity contribution in [1.82, 2.24) is 5.32 Å². The Hall–Kier alpha value is -1.26. The largest absolute Gasteiger partial charge is 0.493 e. The zero-order valence-corrected chi connectivity index (χ0v) is 13.4. The fourth-order valence-electron chi connectivity index (χ4n) is 2.40. The van der Waals surface area contributed by atoms with E-state index in [0.717, 1.165) is 44.0 Å². The third-order valence-corrected chi connectivity index (χ3v) is 3.86. The van der Waals surface area contributed by atoms with E-state index in [1.165, 1.54) is 12.0 Å². The van der Waals surface area contributed by atoms with E-state index >= 15 is 0 Å². The van der Waals surface area contributed by atoms with Gasteiger partial charge in [-0.3, -0.25) is 0 Å². The first-order valence-electron chi connectivity index (χ1n) is 7.88. The molecule has 0 spiro atoms. The van der Waals surface area contributed by atoms with Crippen LogP contribution in [0.5, 0.6) is 11.5 Å². The predicted octanol–water partition coefficient (Wildman–Crippen LogP) is 3.14. The second-order valence-electron chi connectivity index (χ2n) is 5.59. The van der Waals surface area contributed by atoms with Gasteiger partial charge in [0.1, 0.15) is 0 Å². The molecule has 0 aliphatic carbocycles. The van der Waals surface area contributed by atoms with Gasteiger partial charge in [-0.05, 0) is 43.9 Å². The quantitative estimate of drug-likeness (QED) is 0.799. The van der Waals surface area contributed by atoms with Crippen molar-refractivity contribution in [2.24, 2.45) is 0 Å². The van der Waals surface area contributed by atoms with Crippen LogP contribution in [-0.4, -0.2) is 32.5 Å². The van der Waals surface area contributed by atoms with Gasteiger partial charge in [0.25, 0.3) is 0 Å². The van der Waals surface area contributed by atoms with E-state index in [9.17, 15) is 0 Å². The first-order chi connectivity index (χ1) is 10.2. The van der Waals surface area contributed by atoms with Crippen molar-refractivity contribution >= 4 is 0 Å². The Morgan fingerprint density at radius 2 is 2.24 bits per heavy atom. The lowest BCUT2D eigenvalue weighted by atomic mass is 10.2. The lowest BCUT2D eigenvalue weighted by Gasteiger charge is -2.17. The van der Waals surface area contributed by atoms with Crippen LogP contribution in [0.25, 0.3) is 0 Å². The number of methoxy groups -OCH3 is 1. The summed E-state index contributed by atoms with van der Waals surface area (Å²) in [5.41, 5.74) is 1.20. The summed E-state index contributed by atoms with van der Waals surface area (Å²) in [6, 6.07) is 6.12. The van der Waals surface area contributed by atoms with Gasteiger partial charge in [-0.25, -0.2) is 0 Å². The maximum atomic E-state index is 5.86. The molecule has 2 rings (SSSR count). The number of hydrogen-bond acceptors (Lipinski definition) is 4. The normalized spacial score (nSPS) is 19.5.